The molecule has 0 aliphatic heterocycles. The van der Waals surface area contributed by atoms with Crippen molar-refractivity contribution >= 4 is 6.09 Å². The second-order valence-electron chi connectivity index (χ2n) is 4.52. The second-order valence-corrected chi connectivity index (χ2v) is 4.52. The Kier molecular flexibility index (Phi) is 4.24. The molecule has 0 aromatic heterocycles. The molecule has 1 saturated carbocycles. The number of nitrogens with one attached hydrogen (secondary N) is 1. The molecule has 1 amide bonds. The summed E-state index contributed by atoms with van der Waals surface area (Å²) in [6, 6.07) is 0. The summed E-state index contributed by atoms with van der Waals surface area (Å²) in [6.07, 6.45) is -2.57. The first kappa shape index (κ1) is 14.1. The highest BCUT2D eigenvalue weighted by atomic mass is 19.4. The quantitative estimate of drug-likeness (QED) is 0.831. The van der Waals surface area contributed by atoms with Crippen LogP contribution in [0.25, 0.3) is 0 Å². The van der Waals surface area contributed by atoms with E-state index in [1.807, 2.05) is 19.0 Å². The Hall–Kier alpha value is -0.980. The van der Waals surface area contributed by atoms with Crippen molar-refractivity contribution in [3.05, 3.63) is 0 Å². The lowest BCUT2D eigenvalue weighted by molar-refractivity contribution is -0.160. The van der Waals surface area contributed by atoms with Crippen molar-refractivity contribution < 1.29 is 22.7 Å². The first-order chi connectivity index (χ1) is 7.75. The van der Waals surface area contributed by atoms with E-state index in [0.29, 0.717) is 6.54 Å². The van der Waals surface area contributed by atoms with E-state index in [0.717, 1.165) is 19.3 Å². The second kappa shape index (κ2) is 5.12. The minimum absolute atomic E-state index is 0.128. The predicted octanol–water partition coefficient (Wildman–Crippen LogP) is 1.76. The Labute approximate surface area is 98.1 Å². The highest BCUT2D eigenvalue weighted by Gasteiger charge is 2.39. The van der Waals surface area contributed by atoms with Crippen LogP contribution in [0.5, 0.6) is 0 Å². The van der Waals surface area contributed by atoms with Crippen molar-refractivity contribution in [3.8, 4) is 0 Å². The topological polar surface area (TPSA) is 41.6 Å². The van der Waals surface area contributed by atoms with E-state index in [1.54, 1.807) is 0 Å². The van der Waals surface area contributed by atoms with Gasteiger partial charge in [0, 0.05) is 12.1 Å². The molecule has 1 aliphatic carbocycles. The summed E-state index contributed by atoms with van der Waals surface area (Å²) < 4.78 is 39.4. The molecule has 0 radical (unpaired) electrons. The van der Waals surface area contributed by atoms with Gasteiger partial charge in [0.25, 0.3) is 0 Å². The van der Waals surface area contributed by atoms with Gasteiger partial charge in [0.15, 0.2) is 6.61 Å². The predicted molar refractivity (Wildman–Crippen MR) is 55.7 cm³/mol. The van der Waals surface area contributed by atoms with Crippen LogP contribution in [0.1, 0.15) is 19.3 Å². The Morgan fingerprint density at radius 2 is 2.00 bits per heavy atom. The number of hydrogen-bond donors (Lipinski definition) is 1. The standard InChI is InChI=1S/C10H17F3N2O2/c1-15(2)9(4-3-5-9)6-14-8(16)17-7-10(11,12)13/h3-7H2,1-2H3,(H,14,16). The molecule has 0 saturated heterocycles. The summed E-state index contributed by atoms with van der Waals surface area (Å²) >= 11 is 0. The zero-order valence-corrected chi connectivity index (χ0v) is 9.93. The van der Waals surface area contributed by atoms with Gasteiger partial charge in [0.2, 0.25) is 0 Å². The summed E-state index contributed by atoms with van der Waals surface area (Å²) in [5.41, 5.74) is -0.128. The third-order valence-electron chi connectivity index (χ3n) is 3.16. The Bertz CT molecular complexity index is 275. The van der Waals surface area contributed by atoms with Crippen molar-refractivity contribution in [2.45, 2.75) is 31.0 Å². The minimum atomic E-state index is -4.48. The summed E-state index contributed by atoms with van der Waals surface area (Å²) in [4.78, 5) is 13.0. The number of nitrogens with zero attached hydrogens (tertiary/aromatic N) is 1. The number of alkyl halides is 3. The van der Waals surface area contributed by atoms with Crippen LogP contribution in [-0.2, 0) is 4.74 Å². The molecule has 1 rings (SSSR count). The summed E-state index contributed by atoms with van der Waals surface area (Å²) in [5.74, 6) is 0. The number of halogens is 3. The largest absolute Gasteiger partial charge is 0.440 e. The van der Waals surface area contributed by atoms with E-state index in [4.69, 9.17) is 0 Å². The van der Waals surface area contributed by atoms with Gasteiger partial charge < -0.3 is 15.0 Å². The number of alkyl carbamates (subject to hydrolysis) is 1. The zero-order chi connectivity index (χ0) is 13.1. The van der Waals surface area contributed by atoms with Crippen molar-refractivity contribution in [1.29, 1.82) is 0 Å². The van der Waals surface area contributed by atoms with E-state index in [-0.39, 0.29) is 5.54 Å². The molecule has 7 heteroatoms. The first-order valence-corrected chi connectivity index (χ1v) is 5.40. The van der Waals surface area contributed by atoms with Gasteiger partial charge in [-0.15, -0.1) is 0 Å². The lowest BCUT2D eigenvalue weighted by Gasteiger charge is -2.47. The van der Waals surface area contributed by atoms with Gasteiger partial charge >= 0.3 is 12.3 Å². The SMILES string of the molecule is CN(C)C1(CNC(=O)OCC(F)(F)F)CCC1. The third-order valence-corrected chi connectivity index (χ3v) is 3.16. The van der Waals surface area contributed by atoms with Gasteiger partial charge in [-0.3, -0.25) is 0 Å². The van der Waals surface area contributed by atoms with Crippen molar-refractivity contribution in [2.75, 3.05) is 27.2 Å². The molecule has 0 unspecified atom stereocenters. The van der Waals surface area contributed by atoms with Crippen LogP contribution in [0.15, 0.2) is 0 Å². The van der Waals surface area contributed by atoms with Crippen molar-refractivity contribution in [1.82, 2.24) is 10.2 Å². The van der Waals surface area contributed by atoms with Gasteiger partial charge in [-0.25, -0.2) is 4.79 Å². The normalized spacial score (nSPS) is 18.7. The highest BCUT2D eigenvalue weighted by Crippen LogP contribution is 2.35. The summed E-state index contributed by atoms with van der Waals surface area (Å²) in [6.45, 7) is -1.23. The van der Waals surface area contributed by atoms with Gasteiger partial charge in [0.05, 0.1) is 0 Å². The van der Waals surface area contributed by atoms with E-state index in [2.05, 4.69) is 10.1 Å². The average Bonchev–Trinajstić information content (AvgIpc) is 2.11. The number of carbonyl (C=O) groups excluding carboxylic acids is 1. The van der Waals surface area contributed by atoms with E-state index >= 15 is 0 Å². The molecule has 0 atom stereocenters. The molecule has 1 N–H and O–H groups in total. The van der Waals surface area contributed by atoms with Gasteiger partial charge in [-0.2, -0.15) is 13.2 Å². The van der Waals surface area contributed by atoms with Crippen LogP contribution in [0.3, 0.4) is 0 Å². The molecular formula is C10H17F3N2O2. The lowest BCUT2D eigenvalue weighted by Crippen LogP contribution is -2.57. The lowest BCUT2D eigenvalue weighted by atomic mass is 9.75. The maximum atomic E-state index is 11.8. The van der Waals surface area contributed by atoms with Crippen LogP contribution in [-0.4, -0.2) is 50.0 Å². The fourth-order valence-electron chi connectivity index (χ4n) is 1.80. The number of amides is 1. The van der Waals surface area contributed by atoms with Gasteiger partial charge in [0.1, 0.15) is 0 Å². The monoisotopic (exact) mass is 254 g/mol. The summed E-state index contributed by atoms with van der Waals surface area (Å²) in [5, 5.41) is 2.38. The fourth-order valence-corrected chi connectivity index (χ4v) is 1.80. The highest BCUT2D eigenvalue weighted by molar-refractivity contribution is 5.67. The smallest absolute Gasteiger partial charge is 0.422 e. The molecule has 0 spiro atoms. The average molecular weight is 254 g/mol. The molecule has 1 fully saturated rings. The number of carbonyl (C=O) groups is 1. The third kappa shape index (κ3) is 4.07. The van der Waals surface area contributed by atoms with Crippen molar-refractivity contribution in [2.24, 2.45) is 0 Å². The Balaban J connectivity index is 2.28. The number of ether oxygens (including phenoxy) is 1. The molecule has 17 heavy (non-hydrogen) atoms. The van der Waals surface area contributed by atoms with Crippen LogP contribution < -0.4 is 5.32 Å². The molecule has 0 heterocycles. The van der Waals surface area contributed by atoms with Crippen molar-refractivity contribution in [3.63, 3.8) is 0 Å². The van der Waals surface area contributed by atoms with E-state index < -0.39 is 18.9 Å². The minimum Gasteiger partial charge on any atom is -0.440 e. The number of likely N-dealkylation sites (N-methyl/N-ethyl adjacent to an activating group) is 1. The maximum absolute atomic E-state index is 11.8. The molecule has 1 aliphatic rings. The van der Waals surface area contributed by atoms with Gasteiger partial charge in [-0.05, 0) is 33.4 Å². The fraction of sp³-hybridized carbons (Fsp3) is 0.900. The number of rotatable bonds is 4. The Morgan fingerprint density at radius 3 is 2.35 bits per heavy atom. The van der Waals surface area contributed by atoms with Gasteiger partial charge in [-0.1, -0.05) is 0 Å². The molecule has 0 aromatic rings. The molecule has 0 aromatic carbocycles. The Morgan fingerprint density at radius 1 is 1.41 bits per heavy atom. The van der Waals surface area contributed by atoms with Crippen LogP contribution in [0, 0.1) is 0 Å². The van der Waals surface area contributed by atoms with Crippen LogP contribution in [0.2, 0.25) is 0 Å². The van der Waals surface area contributed by atoms with Crippen LogP contribution >= 0.6 is 0 Å². The first-order valence-electron chi connectivity index (χ1n) is 5.40. The van der Waals surface area contributed by atoms with E-state index in [9.17, 15) is 18.0 Å². The molecular weight excluding hydrogens is 237 g/mol. The molecule has 0 bridgehead atoms. The van der Waals surface area contributed by atoms with E-state index in [1.165, 1.54) is 0 Å². The zero-order valence-electron chi connectivity index (χ0n) is 9.93. The molecule has 100 valence electrons. The maximum Gasteiger partial charge on any atom is 0.422 e. The molecule has 4 nitrogen and oxygen atoms in total. The summed E-state index contributed by atoms with van der Waals surface area (Å²) in [7, 11) is 3.78. The number of hydrogen-bond acceptors (Lipinski definition) is 3. The van der Waals surface area contributed by atoms with Crippen LogP contribution in [0.4, 0.5) is 18.0 Å².